The van der Waals surface area contributed by atoms with Gasteiger partial charge < -0.3 is 0 Å². The van der Waals surface area contributed by atoms with Crippen molar-refractivity contribution < 1.29 is 17.6 Å². The first-order valence-corrected chi connectivity index (χ1v) is 9.61. The Balaban J connectivity index is 2.05. The van der Waals surface area contributed by atoms with Crippen molar-refractivity contribution in [2.45, 2.75) is 24.8 Å². The van der Waals surface area contributed by atoms with E-state index in [-0.39, 0.29) is 34.7 Å². The summed E-state index contributed by atoms with van der Waals surface area (Å²) >= 11 is 3.14. The molecule has 0 fully saturated rings. The Morgan fingerprint density at radius 3 is 2.46 bits per heavy atom. The first kappa shape index (κ1) is 17.3. The van der Waals surface area contributed by atoms with Crippen LogP contribution in [0.15, 0.2) is 45.8 Å². The third-order valence-electron chi connectivity index (χ3n) is 4.08. The number of benzene rings is 2. The van der Waals surface area contributed by atoms with Crippen LogP contribution in [0.3, 0.4) is 0 Å². The highest BCUT2D eigenvalue weighted by Gasteiger charge is 2.31. The number of aryl methyl sites for hydroxylation is 1. The summed E-state index contributed by atoms with van der Waals surface area (Å²) in [5.74, 6) is -0.705. The van der Waals surface area contributed by atoms with Crippen LogP contribution in [0.1, 0.15) is 27.9 Å². The summed E-state index contributed by atoms with van der Waals surface area (Å²) in [6.07, 6.45) is 0.0656. The zero-order valence-corrected chi connectivity index (χ0v) is 15.3. The average molecular weight is 412 g/mol. The van der Waals surface area contributed by atoms with E-state index in [2.05, 4.69) is 15.9 Å². The van der Waals surface area contributed by atoms with Gasteiger partial charge in [-0.2, -0.15) is 4.31 Å². The van der Waals surface area contributed by atoms with E-state index in [0.29, 0.717) is 11.1 Å². The summed E-state index contributed by atoms with van der Waals surface area (Å²) in [6, 6.07) is 9.15. The van der Waals surface area contributed by atoms with Crippen LogP contribution in [0.5, 0.6) is 0 Å². The molecule has 0 aliphatic carbocycles. The van der Waals surface area contributed by atoms with Crippen molar-refractivity contribution in [3.63, 3.8) is 0 Å². The minimum atomic E-state index is -3.76. The molecule has 126 valence electrons. The standard InChI is InChI=1S/C17H15BrFNO3S/c1-11-2-4-12(5-3-11)24(22,23)20-9-8-16(21)13-6-7-15(19)17(18)14(13)10-20/h2-7H,8-10H2,1H3. The summed E-state index contributed by atoms with van der Waals surface area (Å²) in [7, 11) is -3.76. The molecule has 0 saturated heterocycles. The Morgan fingerprint density at radius 2 is 1.79 bits per heavy atom. The highest BCUT2D eigenvalue weighted by molar-refractivity contribution is 9.10. The van der Waals surface area contributed by atoms with E-state index in [9.17, 15) is 17.6 Å². The first-order chi connectivity index (χ1) is 11.3. The molecule has 1 aliphatic rings. The molecule has 24 heavy (non-hydrogen) atoms. The van der Waals surface area contributed by atoms with Crippen LogP contribution < -0.4 is 0 Å². The summed E-state index contributed by atoms with van der Waals surface area (Å²) in [5, 5.41) is 0. The number of halogens is 2. The van der Waals surface area contributed by atoms with Crippen LogP contribution in [-0.2, 0) is 16.6 Å². The van der Waals surface area contributed by atoms with Gasteiger partial charge in [-0.3, -0.25) is 4.79 Å². The van der Waals surface area contributed by atoms with Crippen LogP contribution in [0, 0.1) is 12.7 Å². The first-order valence-electron chi connectivity index (χ1n) is 7.37. The number of fused-ring (bicyclic) bond motifs is 1. The fourth-order valence-corrected chi connectivity index (χ4v) is 4.57. The van der Waals surface area contributed by atoms with Gasteiger partial charge in [-0.1, -0.05) is 17.7 Å². The van der Waals surface area contributed by atoms with Crippen LogP contribution >= 0.6 is 15.9 Å². The Bertz CT molecular complexity index is 910. The van der Waals surface area contributed by atoms with E-state index in [1.54, 1.807) is 24.3 Å². The van der Waals surface area contributed by atoms with E-state index >= 15 is 0 Å². The summed E-state index contributed by atoms with van der Waals surface area (Å²) in [5.41, 5.74) is 1.69. The Hall–Kier alpha value is -1.57. The van der Waals surface area contributed by atoms with Gasteiger partial charge in [0.25, 0.3) is 0 Å². The molecule has 1 aliphatic heterocycles. The molecule has 2 aromatic rings. The lowest BCUT2D eigenvalue weighted by Gasteiger charge is -2.21. The highest BCUT2D eigenvalue weighted by atomic mass is 79.9. The van der Waals surface area contributed by atoms with Gasteiger partial charge in [-0.25, -0.2) is 12.8 Å². The Kier molecular flexibility index (Phi) is 4.59. The third kappa shape index (κ3) is 3.03. The normalized spacial score (nSPS) is 15.9. The van der Waals surface area contributed by atoms with E-state index < -0.39 is 15.8 Å². The summed E-state index contributed by atoms with van der Waals surface area (Å²) < 4.78 is 40.9. The SMILES string of the molecule is Cc1ccc(S(=O)(=O)N2CCC(=O)c3ccc(F)c(Br)c3C2)cc1. The zero-order valence-electron chi connectivity index (χ0n) is 12.9. The molecule has 3 rings (SSSR count). The molecular weight excluding hydrogens is 397 g/mol. The van der Waals surface area contributed by atoms with Crippen molar-refractivity contribution in [1.82, 2.24) is 4.31 Å². The molecule has 0 spiro atoms. The van der Waals surface area contributed by atoms with Gasteiger partial charge in [0, 0.05) is 25.1 Å². The zero-order chi connectivity index (χ0) is 17.5. The van der Waals surface area contributed by atoms with Crippen LogP contribution in [0.4, 0.5) is 4.39 Å². The molecule has 0 atom stereocenters. The molecule has 0 aromatic heterocycles. The van der Waals surface area contributed by atoms with Gasteiger partial charge in [0.2, 0.25) is 10.0 Å². The maximum Gasteiger partial charge on any atom is 0.243 e. The lowest BCUT2D eigenvalue weighted by Crippen LogP contribution is -2.31. The predicted octanol–water partition coefficient (Wildman–Crippen LogP) is 3.67. The number of sulfonamides is 1. The van der Waals surface area contributed by atoms with Crippen molar-refractivity contribution in [2.75, 3.05) is 6.54 Å². The lowest BCUT2D eigenvalue weighted by atomic mass is 10.0. The van der Waals surface area contributed by atoms with Gasteiger partial charge in [-0.15, -0.1) is 0 Å². The van der Waals surface area contributed by atoms with E-state index in [4.69, 9.17) is 0 Å². The van der Waals surface area contributed by atoms with Gasteiger partial charge in [-0.05, 0) is 52.7 Å². The second-order valence-corrected chi connectivity index (χ2v) is 8.44. The summed E-state index contributed by atoms with van der Waals surface area (Å²) in [6.45, 7) is 1.89. The number of rotatable bonds is 2. The van der Waals surface area contributed by atoms with Crippen molar-refractivity contribution >= 4 is 31.7 Å². The molecule has 0 bridgehead atoms. The topological polar surface area (TPSA) is 54.5 Å². The van der Waals surface area contributed by atoms with Gasteiger partial charge >= 0.3 is 0 Å². The van der Waals surface area contributed by atoms with E-state index in [1.165, 1.54) is 16.4 Å². The van der Waals surface area contributed by atoms with Crippen LogP contribution in [0.25, 0.3) is 0 Å². The molecule has 4 nitrogen and oxygen atoms in total. The minimum Gasteiger partial charge on any atom is -0.294 e. The number of ketones is 1. The van der Waals surface area contributed by atoms with Crippen LogP contribution in [-0.4, -0.2) is 25.1 Å². The second-order valence-electron chi connectivity index (χ2n) is 5.71. The molecule has 0 unspecified atom stereocenters. The van der Waals surface area contributed by atoms with E-state index in [1.807, 2.05) is 6.92 Å². The molecule has 0 N–H and O–H groups in total. The van der Waals surface area contributed by atoms with Gasteiger partial charge in [0.05, 0.1) is 9.37 Å². The molecule has 1 heterocycles. The van der Waals surface area contributed by atoms with E-state index in [0.717, 1.165) is 5.56 Å². The maximum atomic E-state index is 13.8. The summed E-state index contributed by atoms with van der Waals surface area (Å²) in [4.78, 5) is 12.4. The van der Waals surface area contributed by atoms with Crippen molar-refractivity contribution in [2.24, 2.45) is 0 Å². The van der Waals surface area contributed by atoms with Crippen molar-refractivity contribution in [1.29, 1.82) is 0 Å². The quantitative estimate of drug-likeness (QED) is 0.757. The molecule has 0 amide bonds. The predicted molar refractivity (Wildman–Crippen MR) is 91.8 cm³/mol. The maximum absolute atomic E-state index is 13.8. The minimum absolute atomic E-state index is 0.0460. The largest absolute Gasteiger partial charge is 0.294 e. The Morgan fingerprint density at radius 1 is 1.12 bits per heavy atom. The number of Topliss-reactive ketones (excluding diaryl/α,β-unsaturated/α-hetero) is 1. The third-order valence-corrected chi connectivity index (χ3v) is 6.79. The van der Waals surface area contributed by atoms with Gasteiger partial charge in [0.1, 0.15) is 5.82 Å². The number of hydrogen-bond donors (Lipinski definition) is 0. The number of hydrogen-bond acceptors (Lipinski definition) is 3. The smallest absolute Gasteiger partial charge is 0.243 e. The van der Waals surface area contributed by atoms with Crippen molar-refractivity contribution in [3.05, 3.63) is 63.4 Å². The number of carbonyl (C=O) groups is 1. The molecule has 2 aromatic carbocycles. The molecule has 0 saturated carbocycles. The molecule has 0 radical (unpaired) electrons. The number of nitrogens with zero attached hydrogens (tertiary/aromatic N) is 1. The van der Waals surface area contributed by atoms with Crippen molar-refractivity contribution in [3.8, 4) is 0 Å². The fraction of sp³-hybridized carbons (Fsp3) is 0.235. The van der Waals surface area contributed by atoms with Crippen LogP contribution in [0.2, 0.25) is 0 Å². The average Bonchev–Trinajstić information content (AvgIpc) is 2.72. The monoisotopic (exact) mass is 411 g/mol. The molecular formula is C17H15BrFNO3S. The second kappa shape index (κ2) is 6.38. The number of carbonyl (C=O) groups excluding carboxylic acids is 1. The van der Waals surface area contributed by atoms with Gasteiger partial charge in [0.15, 0.2) is 5.78 Å². The highest BCUT2D eigenvalue weighted by Crippen LogP contribution is 2.31. The molecule has 7 heteroatoms. The Labute approximate surface area is 148 Å². The lowest BCUT2D eigenvalue weighted by molar-refractivity contribution is 0.0981. The fourth-order valence-electron chi connectivity index (χ4n) is 2.69.